The average molecular weight is 345 g/mol. The minimum absolute atomic E-state index is 0.0175. The summed E-state index contributed by atoms with van der Waals surface area (Å²) in [6.07, 6.45) is 1.49. The molecule has 0 atom stereocenters. The topological polar surface area (TPSA) is 67.5 Å². The van der Waals surface area contributed by atoms with E-state index in [-0.39, 0.29) is 5.69 Å². The second-order valence-electron chi connectivity index (χ2n) is 3.96. The average Bonchev–Trinajstić information content (AvgIpc) is 2.42. The van der Waals surface area contributed by atoms with Crippen molar-refractivity contribution < 1.29 is 4.92 Å². The Kier molecular flexibility index (Phi) is 5.01. The lowest BCUT2D eigenvalue weighted by molar-refractivity contribution is -0.384. The molecule has 0 aliphatic rings. The highest BCUT2D eigenvalue weighted by molar-refractivity contribution is 6.41. The number of rotatable bonds is 4. The van der Waals surface area contributed by atoms with E-state index in [1.165, 1.54) is 18.3 Å². The van der Waals surface area contributed by atoms with Crippen molar-refractivity contribution >= 4 is 52.4 Å². The number of hydrogen-bond donors (Lipinski definition) is 1. The van der Waals surface area contributed by atoms with Crippen LogP contribution in [0.15, 0.2) is 41.5 Å². The number of nitro groups is 1. The molecule has 0 aliphatic heterocycles. The highest BCUT2D eigenvalue weighted by Crippen LogP contribution is 2.33. The van der Waals surface area contributed by atoms with Crippen LogP contribution in [0.25, 0.3) is 0 Å². The maximum Gasteiger partial charge on any atom is 0.269 e. The van der Waals surface area contributed by atoms with Crippen LogP contribution < -0.4 is 5.43 Å². The van der Waals surface area contributed by atoms with Gasteiger partial charge in [0, 0.05) is 17.2 Å². The minimum Gasteiger partial charge on any atom is -0.275 e. The fourth-order valence-corrected chi connectivity index (χ4v) is 2.40. The molecular formula is C13H8Cl3N3O2. The first kappa shape index (κ1) is 15.6. The van der Waals surface area contributed by atoms with Crippen LogP contribution in [-0.2, 0) is 0 Å². The second-order valence-corrected chi connectivity index (χ2v) is 5.21. The third-order valence-corrected chi connectivity index (χ3v) is 3.32. The van der Waals surface area contributed by atoms with Gasteiger partial charge in [0.15, 0.2) is 0 Å². The molecule has 0 aliphatic carbocycles. The Bertz CT molecular complexity index is 679. The minimum atomic E-state index is -0.466. The Balaban J connectivity index is 2.11. The number of nitrogens with zero attached hydrogens (tertiary/aromatic N) is 2. The maximum atomic E-state index is 10.5. The summed E-state index contributed by atoms with van der Waals surface area (Å²) < 4.78 is 0. The molecule has 0 saturated heterocycles. The highest BCUT2D eigenvalue weighted by Gasteiger charge is 2.06. The van der Waals surface area contributed by atoms with Crippen molar-refractivity contribution in [2.75, 3.05) is 5.43 Å². The number of nitro benzene ring substituents is 1. The lowest BCUT2D eigenvalue weighted by Crippen LogP contribution is -1.93. The molecule has 0 spiro atoms. The van der Waals surface area contributed by atoms with E-state index in [0.717, 1.165) is 0 Å². The summed E-state index contributed by atoms with van der Waals surface area (Å²) in [5.41, 5.74) is 3.85. The molecule has 0 unspecified atom stereocenters. The van der Waals surface area contributed by atoms with Crippen LogP contribution in [-0.4, -0.2) is 11.1 Å². The van der Waals surface area contributed by atoms with E-state index in [0.29, 0.717) is 26.3 Å². The van der Waals surface area contributed by atoms with Crippen LogP contribution in [0.2, 0.25) is 15.1 Å². The molecule has 2 aromatic carbocycles. The van der Waals surface area contributed by atoms with Gasteiger partial charge in [0.05, 0.1) is 26.9 Å². The lowest BCUT2D eigenvalue weighted by atomic mass is 10.2. The molecule has 8 heteroatoms. The molecule has 0 bridgehead atoms. The Hall–Kier alpha value is -1.82. The van der Waals surface area contributed by atoms with E-state index in [1.807, 2.05) is 0 Å². The lowest BCUT2D eigenvalue weighted by Gasteiger charge is -2.06. The van der Waals surface area contributed by atoms with E-state index in [4.69, 9.17) is 34.8 Å². The second kappa shape index (κ2) is 6.76. The van der Waals surface area contributed by atoms with Gasteiger partial charge < -0.3 is 0 Å². The zero-order chi connectivity index (χ0) is 15.4. The van der Waals surface area contributed by atoms with Gasteiger partial charge >= 0.3 is 0 Å². The molecule has 21 heavy (non-hydrogen) atoms. The summed E-state index contributed by atoms with van der Waals surface area (Å²) in [5.74, 6) is 0. The molecule has 108 valence electrons. The molecule has 0 heterocycles. The molecule has 0 aromatic heterocycles. The summed E-state index contributed by atoms with van der Waals surface area (Å²) >= 11 is 17.8. The van der Waals surface area contributed by atoms with Crippen LogP contribution in [0, 0.1) is 10.1 Å². The van der Waals surface area contributed by atoms with Gasteiger partial charge in [-0.25, -0.2) is 0 Å². The van der Waals surface area contributed by atoms with Gasteiger partial charge in [0.2, 0.25) is 0 Å². The van der Waals surface area contributed by atoms with Crippen molar-refractivity contribution in [3.05, 3.63) is 67.1 Å². The van der Waals surface area contributed by atoms with Crippen molar-refractivity contribution in [2.45, 2.75) is 0 Å². The Morgan fingerprint density at radius 2 is 1.67 bits per heavy atom. The Morgan fingerprint density at radius 1 is 1.10 bits per heavy atom. The van der Waals surface area contributed by atoms with E-state index >= 15 is 0 Å². The zero-order valence-corrected chi connectivity index (χ0v) is 12.7. The highest BCUT2D eigenvalue weighted by atomic mass is 35.5. The summed E-state index contributed by atoms with van der Waals surface area (Å²) in [6.45, 7) is 0. The van der Waals surface area contributed by atoms with Gasteiger partial charge in [-0.15, -0.1) is 0 Å². The van der Waals surface area contributed by atoms with Gasteiger partial charge in [0.1, 0.15) is 0 Å². The molecule has 2 rings (SSSR count). The number of anilines is 1. The normalized spacial score (nSPS) is 10.8. The Morgan fingerprint density at radius 3 is 2.19 bits per heavy atom. The van der Waals surface area contributed by atoms with Gasteiger partial charge in [-0.1, -0.05) is 34.8 Å². The molecule has 0 radical (unpaired) electrons. The predicted molar refractivity (Wildman–Crippen MR) is 85.8 cm³/mol. The monoisotopic (exact) mass is 343 g/mol. The van der Waals surface area contributed by atoms with Gasteiger partial charge in [-0.05, 0) is 29.8 Å². The first-order valence-corrected chi connectivity index (χ1v) is 6.79. The summed E-state index contributed by atoms with van der Waals surface area (Å²) in [6, 6.07) is 9.02. The molecule has 0 saturated carbocycles. The fraction of sp³-hybridized carbons (Fsp3) is 0. The number of non-ortho nitro benzene ring substituents is 1. The van der Waals surface area contributed by atoms with E-state index in [1.54, 1.807) is 24.3 Å². The van der Waals surface area contributed by atoms with Crippen molar-refractivity contribution in [3.8, 4) is 0 Å². The Labute approximate surface area is 135 Å². The molecule has 0 amide bonds. The van der Waals surface area contributed by atoms with Crippen LogP contribution in [0.5, 0.6) is 0 Å². The molecule has 0 fully saturated rings. The number of halogens is 3. The van der Waals surface area contributed by atoms with Crippen molar-refractivity contribution in [1.82, 2.24) is 0 Å². The van der Waals surface area contributed by atoms with Crippen LogP contribution >= 0.6 is 34.8 Å². The van der Waals surface area contributed by atoms with Gasteiger partial charge in [0.25, 0.3) is 5.69 Å². The molecule has 5 nitrogen and oxygen atoms in total. The summed E-state index contributed by atoms with van der Waals surface area (Å²) in [4.78, 5) is 10.1. The third kappa shape index (κ3) is 4.07. The zero-order valence-electron chi connectivity index (χ0n) is 10.4. The van der Waals surface area contributed by atoms with Crippen molar-refractivity contribution in [3.63, 3.8) is 0 Å². The third-order valence-electron chi connectivity index (χ3n) is 2.50. The number of nitrogens with one attached hydrogen (secondary N) is 1. The SMILES string of the molecule is O=[N+]([O-])c1ccc(/C=N\Nc2c(Cl)cc(Cl)cc2Cl)cc1. The quantitative estimate of drug-likeness (QED) is 0.482. The molecular weight excluding hydrogens is 337 g/mol. The van der Waals surface area contributed by atoms with Crippen molar-refractivity contribution in [2.24, 2.45) is 5.10 Å². The van der Waals surface area contributed by atoms with Crippen LogP contribution in [0.3, 0.4) is 0 Å². The van der Waals surface area contributed by atoms with Gasteiger partial charge in [-0.2, -0.15) is 5.10 Å². The maximum absolute atomic E-state index is 10.5. The number of benzene rings is 2. The van der Waals surface area contributed by atoms with Gasteiger partial charge in [-0.3, -0.25) is 15.5 Å². The summed E-state index contributed by atoms with van der Waals surface area (Å²) in [5, 5.41) is 15.6. The van der Waals surface area contributed by atoms with Crippen LogP contribution in [0.1, 0.15) is 5.56 Å². The van der Waals surface area contributed by atoms with E-state index in [2.05, 4.69) is 10.5 Å². The van der Waals surface area contributed by atoms with E-state index in [9.17, 15) is 10.1 Å². The smallest absolute Gasteiger partial charge is 0.269 e. The molecule has 2 aromatic rings. The largest absolute Gasteiger partial charge is 0.275 e. The standard InChI is InChI=1S/C13H8Cl3N3O2/c14-9-5-11(15)13(12(16)6-9)18-17-7-8-1-3-10(4-2-8)19(20)21/h1-7,18H/b17-7-. The fourth-order valence-electron chi connectivity index (χ4n) is 1.50. The first-order chi connectivity index (χ1) is 9.97. The number of hydrogen-bond acceptors (Lipinski definition) is 4. The summed E-state index contributed by atoms with van der Waals surface area (Å²) in [7, 11) is 0. The number of hydrazone groups is 1. The first-order valence-electron chi connectivity index (χ1n) is 5.65. The van der Waals surface area contributed by atoms with E-state index < -0.39 is 4.92 Å². The van der Waals surface area contributed by atoms with Crippen LogP contribution in [0.4, 0.5) is 11.4 Å². The predicted octanol–water partition coefficient (Wildman–Crippen LogP) is 5.00. The molecule has 1 N–H and O–H groups in total. The van der Waals surface area contributed by atoms with Crippen molar-refractivity contribution in [1.29, 1.82) is 0 Å².